The summed E-state index contributed by atoms with van der Waals surface area (Å²) in [4.78, 5) is 0. The Balaban J connectivity index is 1.80. The maximum absolute atomic E-state index is 13.5. The Bertz CT molecular complexity index is 390. The van der Waals surface area contributed by atoms with Crippen LogP contribution in [-0.4, -0.2) is 20.2 Å². The molecule has 0 amide bonds. The molecule has 1 fully saturated rings. The zero-order valence-electron chi connectivity index (χ0n) is 11.2. The first-order valence-electron chi connectivity index (χ1n) is 6.74. The van der Waals surface area contributed by atoms with Gasteiger partial charge in [-0.05, 0) is 62.8 Å². The number of rotatable bonds is 7. The molecule has 18 heavy (non-hydrogen) atoms. The van der Waals surface area contributed by atoms with Crippen LogP contribution in [0.5, 0.6) is 5.75 Å². The summed E-state index contributed by atoms with van der Waals surface area (Å²) in [6.45, 7) is 0. The molecule has 0 aliphatic heterocycles. The summed E-state index contributed by atoms with van der Waals surface area (Å²) in [7, 11) is 3.53. The molecule has 1 aromatic carbocycles. The van der Waals surface area contributed by atoms with Crippen molar-refractivity contribution < 1.29 is 9.13 Å². The van der Waals surface area contributed by atoms with Crippen LogP contribution in [0.25, 0.3) is 0 Å². The molecular formula is C15H22FNO. The smallest absolute Gasteiger partial charge is 0.165 e. The largest absolute Gasteiger partial charge is 0.494 e. The number of methoxy groups -OCH3 is 1. The van der Waals surface area contributed by atoms with E-state index in [4.69, 9.17) is 4.74 Å². The lowest BCUT2D eigenvalue weighted by Gasteiger charge is -2.14. The Labute approximate surface area is 109 Å². The number of nitrogens with one attached hydrogen (secondary N) is 1. The van der Waals surface area contributed by atoms with E-state index in [1.54, 1.807) is 12.1 Å². The van der Waals surface area contributed by atoms with E-state index in [1.165, 1.54) is 26.4 Å². The molecule has 1 N–H and O–H groups in total. The molecule has 2 nitrogen and oxygen atoms in total. The van der Waals surface area contributed by atoms with Crippen molar-refractivity contribution in [2.24, 2.45) is 5.92 Å². The van der Waals surface area contributed by atoms with Crippen LogP contribution in [0, 0.1) is 11.7 Å². The lowest BCUT2D eigenvalue weighted by atomic mass is 10.0. The average molecular weight is 251 g/mol. The second-order valence-electron chi connectivity index (χ2n) is 5.09. The summed E-state index contributed by atoms with van der Waals surface area (Å²) in [5.74, 6) is 0.940. The van der Waals surface area contributed by atoms with Gasteiger partial charge in [-0.3, -0.25) is 0 Å². The van der Waals surface area contributed by atoms with Crippen molar-refractivity contribution in [2.75, 3.05) is 14.2 Å². The topological polar surface area (TPSA) is 21.3 Å². The fourth-order valence-electron chi connectivity index (χ4n) is 2.51. The molecule has 0 saturated heterocycles. The van der Waals surface area contributed by atoms with Crippen LogP contribution in [0.2, 0.25) is 0 Å². The van der Waals surface area contributed by atoms with Crippen LogP contribution in [-0.2, 0) is 6.42 Å². The zero-order chi connectivity index (χ0) is 13.0. The fraction of sp³-hybridized carbons (Fsp3) is 0.600. The first-order chi connectivity index (χ1) is 8.74. The molecule has 2 rings (SSSR count). The second kappa shape index (κ2) is 6.19. The van der Waals surface area contributed by atoms with Gasteiger partial charge < -0.3 is 10.1 Å². The molecule has 0 spiro atoms. The Morgan fingerprint density at radius 3 is 2.78 bits per heavy atom. The van der Waals surface area contributed by atoms with Crippen molar-refractivity contribution in [1.82, 2.24) is 5.32 Å². The van der Waals surface area contributed by atoms with Gasteiger partial charge in [0.05, 0.1) is 7.11 Å². The van der Waals surface area contributed by atoms with Gasteiger partial charge in [-0.15, -0.1) is 0 Å². The van der Waals surface area contributed by atoms with E-state index in [2.05, 4.69) is 5.32 Å². The van der Waals surface area contributed by atoms with Crippen LogP contribution < -0.4 is 10.1 Å². The quantitative estimate of drug-likeness (QED) is 0.803. The van der Waals surface area contributed by atoms with Crippen molar-refractivity contribution in [3.05, 3.63) is 29.6 Å². The Morgan fingerprint density at radius 1 is 1.44 bits per heavy atom. The first-order valence-corrected chi connectivity index (χ1v) is 6.74. The minimum atomic E-state index is -0.262. The van der Waals surface area contributed by atoms with Crippen LogP contribution in [0.3, 0.4) is 0 Å². The highest BCUT2D eigenvalue weighted by molar-refractivity contribution is 5.29. The second-order valence-corrected chi connectivity index (χ2v) is 5.09. The highest BCUT2D eigenvalue weighted by Crippen LogP contribution is 2.34. The van der Waals surface area contributed by atoms with Gasteiger partial charge in [-0.2, -0.15) is 0 Å². The van der Waals surface area contributed by atoms with E-state index in [9.17, 15) is 4.39 Å². The molecule has 1 aliphatic rings. The summed E-state index contributed by atoms with van der Waals surface area (Å²) in [5, 5.41) is 3.39. The number of ether oxygens (including phenoxy) is 1. The van der Waals surface area contributed by atoms with Gasteiger partial charge in [0.25, 0.3) is 0 Å². The predicted molar refractivity (Wildman–Crippen MR) is 71.5 cm³/mol. The van der Waals surface area contributed by atoms with Gasteiger partial charge in [-0.1, -0.05) is 6.07 Å². The molecule has 0 bridgehead atoms. The van der Waals surface area contributed by atoms with Crippen molar-refractivity contribution >= 4 is 0 Å². The standard InChI is InChI=1S/C15H22FNO/c1-17-14(12-7-8-12)5-3-4-11-6-9-15(18-2)13(16)10-11/h6,9-10,12,14,17H,3-5,7-8H2,1-2H3. The average Bonchev–Trinajstić information content (AvgIpc) is 3.19. The Morgan fingerprint density at radius 2 is 2.22 bits per heavy atom. The molecular weight excluding hydrogens is 229 g/mol. The monoisotopic (exact) mass is 251 g/mol. The lowest BCUT2D eigenvalue weighted by molar-refractivity contribution is 0.386. The molecule has 0 aromatic heterocycles. The number of hydrogen-bond donors (Lipinski definition) is 1. The molecule has 0 radical (unpaired) electrons. The third-order valence-electron chi connectivity index (χ3n) is 3.76. The van der Waals surface area contributed by atoms with E-state index in [0.717, 1.165) is 24.3 Å². The van der Waals surface area contributed by atoms with Gasteiger partial charge in [0.1, 0.15) is 0 Å². The van der Waals surface area contributed by atoms with Gasteiger partial charge in [0, 0.05) is 6.04 Å². The van der Waals surface area contributed by atoms with Gasteiger partial charge >= 0.3 is 0 Å². The summed E-state index contributed by atoms with van der Waals surface area (Å²) in [6, 6.07) is 5.90. The van der Waals surface area contributed by atoms with Gasteiger partial charge in [0.2, 0.25) is 0 Å². The van der Waals surface area contributed by atoms with Gasteiger partial charge in [0.15, 0.2) is 11.6 Å². The molecule has 1 aliphatic carbocycles. The molecule has 100 valence electrons. The summed E-state index contributed by atoms with van der Waals surface area (Å²) in [5.41, 5.74) is 1.05. The molecule has 3 heteroatoms. The Kier molecular flexibility index (Phi) is 4.59. The third kappa shape index (κ3) is 3.45. The van der Waals surface area contributed by atoms with Crippen molar-refractivity contribution in [1.29, 1.82) is 0 Å². The molecule has 1 saturated carbocycles. The fourth-order valence-corrected chi connectivity index (χ4v) is 2.51. The number of aryl methyl sites for hydroxylation is 1. The van der Waals surface area contributed by atoms with Gasteiger partial charge in [-0.25, -0.2) is 4.39 Å². The van der Waals surface area contributed by atoms with Crippen LogP contribution in [0.4, 0.5) is 4.39 Å². The summed E-state index contributed by atoms with van der Waals surface area (Å²) >= 11 is 0. The Hall–Kier alpha value is -1.09. The van der Waals surface area contributed by atoms with E-state index in [-0.39, 0.29) is 5.82 Å². The third-order valence-corrected chi connectivity index (χ3v) is 3.76. The van der Waals surface area contributed by atoms with E-state index < -0.39 is 0 Å². The SMILES string of the molecule is CNC(CCCc1ccc(OC)c(F)c1)C1CC1. The summed E-state index contributed by atoms with van der Waals surface area (Å²) < 4.78 is 18.4. The van der Waals surface area contributed by atoms with Crippen LogP contribution in [0.1, 0.15) is 31.2 Å². The number of benzene rings is 1. The molecule has 1 aromatic rings. The molecule has 1 unspecified atom stereocenters. The van der Waals surface area contributed by atoms with Crippen LogP contribution >= 0.6 is 0 Å². The zero-order valence-corrected chi connectivity index (χ0v) is 11.2. The van der Waals surface area contributed by atoms with Crippen molar-refractivity contribution in [3.63, 3.8) is 0 Å². The highest BCUT2D eigenvalue weighted by Gasteiger charge is 2.29. The van der Waals surface area contributed by atoms with Crippen molar-refractivity contribution in [2.45, 2.75) is 38.1 Å². The highest BCUT2D eigenvalue weighted by atomic mass is 19.1. The normalized spacial score (nSPS) is 16.6. The number of hydrogen-bond acceptors (Lipinski definition) is 2. The number of halogens is 1. The van der Waals surface area contributed by atoms with E-state index >= 15 is 0 Å². The van der Waals surface area contributed by atoms with E-state index in [0.29, 0.717) is 11.8 Å². The lowest BCUT2D eigenvalue weighted by Crippen LogP contribution is -2.27. The van der Waals surface area contributed by atoms with Crippen molar-refractivity contribution in [3.8, 4) is 5.75 Å². The van der Waals surface area contributed by atoms with Crippen LogP contribution in [0.15, 0.2) is 18.2 Å². The molecule has 1 atom stereocenters. The minimum Gasteiger partial charge on any atom is -0.494 e. The minimum absolute atomic E-state index is 0.262. The predicted octanol–water partition coefficient (Wildman–Crippen LogP) is 3.16. The van der Waals surface area contributed by atoms with E-state index in [1.807, 2.05) is 13.1 Å². The summed E-state index contributed by atoms with van der Waals surface area (Å²) in [6.07, 6.45) is 5.94. The maximum atomic E-state index is 13.5. The first kappa shape index (κ1) is 13.3. The maximum Gasteiger partial charge on any atom is 0.165 e. The molecule has 0 heterocycles.